The first kappa shape index (κ1) is 47.3. The van der Waals surface area contributed by atoms with E-state index in [9.17, 15) is 33.9 Å². The third kappa shape index (κ3) is 13.2. The molecule has 2 aliphatic heterocycles. The predicted octanol–water partition coefficient (Wildman–Crippen LogP) is 10.7. The molecule has 0 aliphatic carbocycles. The minimum Gasteiger partial charge on any atom is -0.478 e. The Morgan fingerprint density at radius 3 is 1.19 bits per heavy atom. The Bertz CT molecular complexity index is 2840. The molecule has 3 N–H and O–H groups in total. The number of benzene rings is 6. The third-order valence-electron chi connectivity index (χ3n) is 10.4. The second kappa shape index (κ2) is 22.0. The molecule has 0 spiro atoms. The average Bonchev–Trinajstić information content (AvgIpc) is 3.82. The Hall–Kier alpha value is -7.68. The van der Waals surface area contributed by atoms with Crippen LogP contribution in [0.1, 0.15) is 44.5 Å². The fourth-order valence-corrected chi connectivity index (χ4v) is 8.56. The molecule has 2 heterocycles. The first-order valence-corrected chi connectivity index (χ1v) is 22.7. The predicted molar refractivity (Wildman–Crippen MR) is 261 cm³/mol. The van der Waals surface area contributed by atoms with Crippen molar-refractivity contribution in [3.63, 3.8) is 0 Å². The van der Waals surface area contributed by atoms with Gasteiger partial charge in [-0.05, 0) is 121 Å². The van der Waals surface area contributed by atoms with Crippen molar-refractivity contribution in [1.29, 1.82) is 0 Å². The van der Waals surface area contributed by atoms with E-state index in [1.165, 1.54) is 7.11 Å². The molecular formula is C53H44N2O10S2. The molecule has 2 fully saturated rings. The number of methoxy groups -OCH3 is 1. The molecular weight excluding hydrogens is 889 g/mol. The van der Waals surface area contributed by atoms with Gasteiger partial charge in [0.1, 0.15) is 23.0 Å². The lowest BCUT2D eigenvalue weighted by Gasteiger charge is -2.10. The van der Waals surface area contributed by atoms with Gasteiger partial charge in [0.05, 0.1) is 28.8 Å². The Kier molecular flexibility index (Phi) is 15.5. The summed E-state index contributed by atoms with van der Waals surface area (Å²) >= 11 is 2.02. The Labute approximate surface area is 395 Å². The molecule has 6 aromatic carbocycles. The van der Waals surface area contributed by atoms with Crippen LogP contribution in [-0.4, -0.2) is 56.9 Å². The zero-order valence-electron chi connectivity index (χ0n) is 36.5. The van der Waals surface area contributed by atoms with Gasteiger partial charge in [0.25, 0.3) is 10.5 Å². The summed E-state index contributed by atoms with van der Waals surface area (Å²) in [6, 6.07) is 44.3. The van der Waals surface area contributed by atoms with Crippen molar-refractivity contribution in [2.75, 3.05) is 7.11 Å². The van der Waals surface area contributed by atoms with E-state index < -0.39 is 22.4 Å². The minimum absolute atomic E-state index is 0.196. The highest BCUT2D eigenvalue weighted by molar-refractivity contribution is 8.15. The molecule has 67 heavy (non-hydrogen) atoms. The summed E-state index contributed by atoms with van der Waals surface area (Å²) in [6.07, 6.45) is 4.38. The number of hydrogen-bond acceptors (Lipinski definition) is 11. The van der Waals surface area contributed by atoms with E-state index in [1.807, 2.05) is 111 Å². The number of nitrogens with one attached hydrogen (secondary N) is 2. The monoisotopic (exact) mass is 932 g/mol. The van der Waals surface area contributed by atoms with Gasteiger partial charge in [-0.3, -0.25) is 29.8 Å². The SMILES string of the molecule is COC(=O)/C(=C/c1ccc(C)cc1)c1ccc(Oc2ccc(CC3SC(=O)NC3=O)cc2)cc1.Cc1ccc(/C=C(/C(=O)O)c2ccc(Oc3ccc(CC4SC(=O)NC4=O)cc3)cc2)cc1. The van der Waals surface area contributed by atoms with E-state index in [1.54, 1.807) is 60.7 Å². The van der Waals surface area contributed by atoms with Gasteiger partial charge in [-0.15, -0.1) is 0 Å². The molecule has 4 amide bonds. The number of carboxylic acid groups (broad SMARTS) is 1. The van der Waals surface area contributed by atoms with Gasteiger partial charge in [0.2, 0.25) is 11.8 Å². The van der Waals surface area contributed by atoms with E-state index in [-0.39, 0.29) is 27.9 Å². The summed E-state index contributed by atoms with van der Waals surface area (Å²) in [5, 5.41) is 12.8. The molecule has 6 aromatic rings. The summed E-state index contributed by atoms with van der Waals surface area (Å²) in [5.74, 6) is 0.506. The molecule has 0 radical (unpaired) electrons. The van der Waals surface area contributed by atoms with Crippen molar-refractivity contribution in [2.24, 2.45) is 0 Å². The average molecular weight is 933 g/mol. The zero-order valence-corrected chi connectivity index (χ0v) is 38.2. The third-order valence-corrected chi connectivity index (χ3v) is 12.4. The largest absolute Gasteiger partial charge is 0.478 e. The topological polar surface area (TPSA) is 174 Å². The number of thioether (sulfide) groups is 2. The van der Waals surface area contributed by atoms with Gasteiger partial charge in [0.15, 0.2) is 0 Å². The van der Waals surface area contributed by atoms with E-state index in [0.717, 1.165) is 62.5 Å². The van der Waals surface area contributed by atoms with E-state index in [0.29, 0.717) is 47.0 Å². The number of aliphatic carboxylic acids is 1. The Morgan fingerprint density at radius 2 is 0.866 bits per heavy atom. The molecule has 2 atom stereocenters. The molecule has 0 aromatic heterocycles. The summed E-state index contributed by atoms with van der Waals surface area (Å²) in [7, 11) is 1.36. The van der Waals surface area contributed by atoms with Crippen LogP contribution in [0.2, 0.25) is 0 Å². The second-order valence-corrected chi connectivity index (χ2v) is 17.8. The minimum atomic E-state index is -1.00. The summed E-state index contributed by atoms with van der Waals surface area (Å²) in [6.45, 7) is 3.99. The number of carboxylic acids is 1. The highest BCUT2D eigenvalue weighted by atomic mass is 32.2. The second-order valence-electron chi connectivity index (χ2n) is 15.4. The number of imide groups is 2. The van der Waals surface area contributed by atoms with Crippen molar-refractivity contribution < 1.29 is 48.1 Å². The number of carbonyl (C=O) groups is 6. The standard InChI is InChI=1S/C27H23NO5S.C26H21NO5S/c1-17-3-5-18(6-4-17)15-23(26(30)32-2)20-9-13-22(14-10-20)33-21-11-7-19(8-12-21)16-24-25(29)28-27(31)34-24;1-16-2-4-17(5-3-16)14-22(25(29)30)19-8-12-21(13-9-19)32-20-10-6-18(7-11-20)15-23-24(28)27-26(31)33-23/h3-15,24H,16H2,1-2H3,(H,28,29,31);2-14,23H,15H2,1H3,(H,29,30)(H,27,28,31)/b23-15+;22-14+. The fourth-order valence-electron chi connectivity index (χ4n) is 6.85. The van der Waals surface area contributed by atoms with Crippen molar-refractivity contribution in [1.82, 2.24) is 10.6 Å². The van der Waals surface area contributed by atoms with Gasteiger partial charge in [-0.1, -0.05) is 132 Å². The maximum Gasteiger partial charge on any atom is 0.338 e. The van der Waals surface area contributed by atoms with Crippen LogP contribution < -0.4 is 20.1 Å². The van der Waals surface area contributed by atoms with E-state index in [2.05, 4.69) is 10.6 Å². The van der Waals surface area contributed by atoms with Crippen LogP contribution in [0.5, 0.6) is 23.0 Å². The number of rotatable bonds is 14. The smallest absolute Gasteiger partial charge is 0.338 e. The van der Waals surface area contributed by atoms with Gasteiger partial charge in [-0.25, -0.2) is 9.59 Å². The molecule has 8 rings (SSSR count). The zero-order chi connectivity index (χ0) is 47.5. The normalized spacial score (nSPS) is 15.8. The molecule has 0 saturated carbocycles. The molecule has 2 saturated heterocycles. The molecule has 338 valence electrons. The van der Waals surface area contributed by atoms with Crippen molar-refractivity contribution in [2.45, 2.75) is 37.2 Å². The van der Waals surface area contributed by atoms with Crippen LogP contribution in [0.4, 0.5) is 9.59 Å². The molecule has 14 heteroatoms. The molecule has 12 nitrogen and oxygen atoms in total. The molecule has 2 unspecified atom stereocenters. The number of ether oxygens (including phenoxy) is 3. The maximum atomic E-state index is 12.4. The van der Waals surface area contributed by atoms with Crippen molar-refractivity contribution in [3.8, 4) is 23.0 Å². The molecule has 2 aliphatic rings. The van der Waals surface area contributed by atoms with Crippen LogP contribution in [0.15, 0.2) is 146 Å². The van der Waals surface area contributed by atoms with Crippen LogP contribution in [0.25, 0.3) is 23.3 Å². The number of carbonyl (C=O) groups excluding carboxylic acids is 5. The van der Waals surface area contributed by atoms with E-state index in [4.69, 9.17) is 14.2 Å². The van der Waals surface area contributed by atoms with Crippen molar-refractivity contribution >= 4 is 81.1 Å². The van der Waals surface area contributed by atoms with Gasteiger partial charge >= 0.3 is 11.9 Å². The lowest BCUT2D eigenvalue weighted by Crippen LogP contribution is -2.25. The summed E-state index contributed by atoms with van der Waals surface area (Å²) in [4.78, 5) is 70.2. The highest BCUT2D eigenvalue weighted by Gasteiger charge is 2.32. The lowest BCUT2D eigenvalue weighted by atomic mass is 10.0. The Balaban J connectivity index is 0.000000199. The van der Waals surface area contributed by atoms with Gasteiger partial charge in [-0.2, -0.15) is 0 Å². The Morgan fingerprint density at radius 1 is 0.522 bits per heavy atom. The van der Waals surface area contributed by atoms with Crippen LogP contribution in [0, 0.1) is 13.8 Å². The summed E-state index contributed by atoms with van der Waals surface area (Å²) in [5.41, 5.74) is 7.78. The van der Waals surface area contributed by atoms with Crippen molar-refractivity contribution in [3.05, 3.63) is 190 Å². The number of aryl methyl sites for hydroxylation is 2. The van der Waals surface area contributed by atoms with Crippen LogP contribution >= 0.6 is 23.5 Å². The lowest BCUT2D eigenvalue weighted by molar-refractivity contribution is -0.133. The number of amides is 4. The number of esters is 1. The van der Waals surface area contributed by atoms with Gasteiger partial charge < -0.3 is 19.3 Å². The highest BCUT2D eigenvalue weighted by Crippen LogP contribution is 2.30. The molecule has 0 bridgehead atoms. The van der Waals surface area contributed by atoms with Gasteiger partial charge in [0, 0.05) is 0 Å². The fraction of sp³-hybridized carbons (Fsp3) is 0.132. The first-order valence-electron chi connectivity index (χ1n) is 20.9. The van der Waals surface area contributed by atoms with E-state index >= 15 is 0 Å². The van der Waals surface area contributed by atoms with Crippen LogP contribution in [-0.2, 0) is 36.8 Å². The maximum absolute atomic E-state index is 12.4. The quantitative estimate of drug-likeness (QED) is 0.0536. The first-order chi connectivity index (χ1) is 32.3. The van der Waals surface area contributed by atoms with Crippen LogP contribution in [0.3, 0.4) is 0 Å². The summed E-state index contributed by atoms with van der Waals surface area (Å²) < 4.78 is 16.8. The number of hydrogen-bond donors (Lipinski definition) is 3.